The molecule has 6 heteroatoms. The van der Waals surface area contributed by atoms with Gasteiger partial charge in [0.2, 0.25) is 5.91 Å². The molecule has 0 spiro atoms. The maximum atomic E-state index is 12.9. The molecule has 2 saturated heterocycles. The first-order valence-electron chi connectivity index (χ1n) is 13.1. The first-order chi connectivity index (χ1) is 17.6. The molecule has 6 nitrogen and oxygen atoms in total. The van der Waals surface area contributed by atoms with Crippen LogP contribution in [0.15, 0.2) is 62.4 Å². The summed E-state index contributed by atoms with van der Waals surface area (Å²) in [5, 5.41) is 4.91. The molecule has 2 fully saturated rings. The van der Waals surface area contributed by atoms with Crippen molar-refractivity contribution in [3.63, 3.8) is 0 Å². The van der Waals surface area contributed by atoms with Crippen LogP contribution in [-0.4, -0.2) is 36.5 Å². The van der Waals surface area contributed by atoms with E-state index in [1.54, 1.807) is 12.3 Å². The smallest absolute Gasteiger partial charge is 0.340 e. The van der Waals surface area contributed by atoms with E-state index in [4.69, 9.17) is 8.83 Å². The number of nitrogens with one attached hydrogen (secondary N) is 1. The Morgan fingerprint density at radius 2 is 1.86 bits per heavy atom. The molecule has 2 aliphatic rings. The van der Waals surface area contributed by atoms with E-state index in [1.165, 1.54) is 38.8 Å². The van der Waals surface area contributed by atoms with Crippen LogP contribution in [0.1, 0.15) is 43.2 Å². The van der Waals surface area contributed by atoms with Crippen LogP contribution >= 0.6 is 0 Å². The molecule has 6 rings (SSSR count). The quantitative estimate of drug-likeness (QED) is 0.382. The van der Waals surface area contributed by atoms with Gasteiger partial charge in [-0.3, -0.25) is 4.79 Å². The second-order valence-corrected chi connectivity index (χ2v) is 10.3. The minimum absolute atomic E-state index is 0.0280. The van der Waals surface area contributed by atoms with Gasteiger partial charge in [0.1, 0.15) is 11.2 Å². The van der Waals surface area contributed by atoms with Crippen LogP contribution in [0.25, 0.3) is 33.1 Å². The number of aryl methyl sites for hydroxylation is 1. The lowest BCUT2D eigenvalue weighted by Gasteiger charge is -2.44. The monoisotopic (exact) mass is 484 g/mol. The van der Waals surface area contributed by atoms with E-state index in [1.807, 2.05) is 43.3 Å². The summed E-state index contributed by atoms with van der Waals surface area (Å²) in [6, 6.07) is 14.4. The summed E-state index contributed by atoms with van der Waals surface area (Å²) in [6.45, 7) is 4.94. The van der Waals surface area contributed by atoms with E-state index in [0.29, 0.717) is 35.2 Å². The fraction of sp³-hybridized carbons (Fsp3) is 0.400. The number of carbonyl (C=O) groups is 1. The van der Waals surface area contributed by atoms with Crippen molar-refractivity contribution < 1.29 is 13.6 Å². The Hall–Kier alpha value is -3.38. The highest BCUT2D eigenvalue weighted by molar-refractivity contribution is 6.02. The van der Waals surface area contributed by atoms with Crippen molar-refractivity contribution in [3.8, 4) is 11.1 Å². The number of fused-ring (bicyclic) bond motifs is 3. The van der Waals surface area contributed by atoms with Crippen molar-refractivity contribution in [1.82, 2.24) is 10.2 Å². The topological polar surface area (TPSA) is 75.7 Å². The lowest BCUT2D eigenvalue weighted by atomic mass is 9.83. The molecule has 36 heavy (non-hydrogen) atoms. The average Bonchev–Trinajstić information content (AvgIpc) is 3.32. The van der Waals surface area contributed by atoms with Gasteiger partial charge >= 0.3 is 5.63 Å². The third kappa shape index (κ3) is 4.24. The van der Waals surface area contributed by atoms with Gasteiger partial charge in [0.05, 0.1) is 18.2 Å². The number of hydrogen-bond donors (Lipinski definition) is 1. The minimum Gasteiger partial charge on any atom is -0.464 e. The number of piperidine rings is 2. The van der Waals surface area contributed by atoms with Crippen molar-refractivity contribution in [2.45, 2.75) is 51.5 Å². The predicted octanol–water partition coefficient (Wildman–Crippen LogP) is 5.44. The van der Waals surface area contributed by atoms with Crippen molar-refractivity contribution in [2.24, 2.45) is 5.92 Å². The summed E-state index contributed by atoms with van der Waals surface area (Å²) in [6.07, 6.45) is 7.89. The zero-order valence-electron chi connectivity index (χ0n) is 20.7. The standard InChI is InChI=1S/C30H32N2O4/c1-19-22-14-24-25(20-8-3-2-4-9-20)18-35-27(24)16-28(22)36-30(34)23(19)15-29(33)31-17-21-10-7-13-32-12-6-5-11-26(21)32/h2-4,8-9,14,16,18,21,26H,5-7,10-13,15,17H2,1H3,(H,31,33). The number of furan rings is 1. The van der Waals surface area contributed by atoms with E-state index in [9.17, 15) is 9.59 Å². The van der Waals surface area contributed by atoms with Crippen LogP contribution in [0.2, 0.25) is 0 Å². The van der Waals surface area contributed by atoms with Crippen LogP contribution in [0.4, 0.5) is 0 Å². The SMILES string of the molecule is Cc1c(CC(=O)NCC2CCCN3CCCCC23)c(=O)oc2cc3occ(-c4ccccc4)c3cc12. The van der Waals surface area contributed by atoms with Crippen LogP contribution in [0.5, 0.6) is 0 Å². The highest BCUT2D eigenvalue weighted by Crippen LogP contribution is 2.35. The molecule has 186 valence electrons. The number of rotatable bonds is 5. The number of amides is 1. The molecule has 0 bridgehead atoms. The van der Waals surface area contributed by atoms with Crippen LogP contribution in [-0.2, 0) is 11.2 Å². The molecule has 2 aromatic carbocycles. The maximum absolute atomic E-state index is 12.9. The van der Waals surface area contributed by atoms with Crippen LogP contribution in [0, 0.1) is 12.8 Å². The van der Waals surface area contributed by atoms with Crippen LogP contribution < -0.4 is 10.9 Å². The average molecular weight is 485 g/mol. The van der Waals surface area contributed by atoms with E-state index in [0.717, 1.165) is 33.9 Å². The van der Waals surface area contributed by atoms with Crippen LogP contribution in [0.3, 0.4) is 0 Å². The van der Waals surface area contributed by atoms with Gasteiger partial charge in [-0.25, -0.2) is 4.79 Å². The van der Waals surface area contributed by atoms with Gasteiger partial charge in [0.15, 0.2) is 0 Å². The summed E-state index contributed by atoms with van der Waals surface area (Å²) < 4.78 is 11.4. The molecule has 2 atom stereocenters. The second kappa shape index (κ2) is 9.58. The Balaban J connectivity index is 1.25. The van der Waals surface area contributed by atoms with Gasteiger partial charge in [-0.2, -0.15) is 0 Å². The van der Waals surface area contributed by atoms with Crippen molar-refractivity contribution in [3.05, 3.63) is 70.3 Å². The van der Waals surface area contributed by atoms with Gasteiger partial charge in [-0.05, 0) is 68.8 Å². The molecule has 0 saturated carbocycles. The third-order valence-corrected chi connectivity index (χ3v) is 8.19. The summed E-state index contributed by atoms with van der Waals surface area (Å²) in [4.78, 5) is 28.4. The molecule has 4 heterocycles. The number of nitrogens with zero attached hydrogens (tertiary/aromatic N) is 1. The van der Waals surface area contributed by atoms with Gasteiger partial charge < -0.3 is 19.1 Å². The molecule has 0 radical (unpaired) electrons. The Bertz CT molecular complexity index is 1470. The highest BCUT2D eigenvalue weighted by atomic mass is 16.4. The second-order valence-electron chi connectivity index (χ2n) is 10.3. The zero-order chi connectivity index (χ0) is 24.6. The van der Waals surface area contributed by atoms with E-state index in [-0.39, 0.29) is 12.3 Å². The van der Waals surface area contributed by atoms with E-state index >= 15 is 0 Å². The van der Waals surface area contributed by atoms with E-state index < -0.39 is 5.63 Å². The zero-order valence-corrected chi connectivity index (χ0v) is 20.7. The Morgan fingerprint density at radius 3 is 2.72 bits per heavy atom. The van der Waals surface area contributed by atoms with Crippen molar-refractivity contribution in [1.29, 1.82) is 0 Å². The predicted molar refractivity (Wildman–Crippen MR) is 141 cm³/mol. The molecule has 2 unspecified atom stereocenters. The first-order valence-corrected chi connectivity index (χ1v) is 13.1. The summed E-state index contributed by atoms with van der Waals surface area (Å²) >= 11 is 0. The van der Waals surface area contributed by atoms with Gasteiger partial charge in [-0.1, -0.05) is 36.8 Å². The molecule has 0 aliphatic carbocycles. The number of benzene rings is 2. The lowest BCUT2D eigenvalue weighted by molar-refractivity contribution is -0.120. The van der Waals surface area contributed by atoms with Gasteiger partial charge in [0.25, 0.3) is 0 Å². The number of carbonyl (C=O) groups excluding carboxylic acids is 1. The normalized spacial score (nSPS) is 20.5. The fourth-order valence-electron chi connectivity index (χ4n) is 6.24. The first kappa shape index (κ1) is 23.0. The minimum atomic E-state index is -0.458. The lowest BCUT2D eigenvalue weighted by Crippen LogP contribution is -2.51. The highest BCUT2D eigenvalue weighted by Gasteiger charge is 2.33. The summed E-state index contributed by atoms with van der Waals surface area (Å²) in [7, 11) is 0. The summed E-state index contributed by atoms with van der Waals surface area (Å²) in [5.41, 5.74) is 3.94. The molecular weight excluding hydrogens is 452 g/mol. The molecule has 1 N–H and O–H groups in total. The molecule has 2 aliphatic heterocycles. The van der Waals surface area contributed by atoms with Gasteiger partial charge in [0, 0.05) is 35.0 Å². The largest absolute Gasteiger partial charge is 0.464 e. The summed E-state index contributed by atoms with van der Waals surface area (Å²) in [5.74, 6) is 0.370. The van der Waals surface area contributed by atoms with Gasteiger partial charge in [-0.15, -0.1) is 0 Å². The Kier molecular flexibility index (Phi) is 6.13. The van der Waals surface area contributed by atoms with Crippen molar-refractivity contribution >= 4 is 27.8 Å². The third-order valence-electron chi connectivity index (χ3n) is 8.19. The van der Waals surface area contributed by atoms with E-state index in [2.05, 4.69) is 10.2 Å². The molecule has 2 aromatic heterocycles. The molecule has 1 amide bonds. The Labute approximate surface area is 210 Å². The van der Waals surface area contributed by atoms with Crippen molar-refractivity contribution in [2.75, 3.05) is 19.6 Å². The molecule has 4 aromatic rings. The fourth-order valence-corrected chi connectivity index (χ4v) is 6.24. The molecular formula is C30H32N2O4. The maximum Gasteiger partial charge on any atom is 0.340 e. The Morgan fingerprint density at radius 1 is 1.03 bits per heavy atom. The number of hydrogen-bond acceptors (Lipinski definition) is 5.